The second-order valence-corrected chi connectivity index (χ2v) is 2.43. The van der Waals surface area contributed by atoms with E-state index < -0.39 is 0 Å². The number of unbranched alkanes of at least 4 members (excludes halogenated alkanes) is 1. The van der Waals surface area contributed by atoms with Crippen molar-refractivity contribution in [1.29, 1.82) is 0 Å². The Kier molecular flexibility index (Phi) is 7.10. The molecule has 4 nitrogen and oxygen atoms in total. The van der Waals surface area contributed by atoms with Crippen LogP contribution >= 0.6 is 0 Å². The van der Waals surface area contributed by atoms with E-state index in [-0.39, 0.29) is 5.84 Å². The number of hydrogen-bond acceptors (Lipinski definition) is 3. The molecule has 0 heterocycles. The Morgan fingerprint density at radius 1 is 1.58 bits per heavy atom. The molecule has 0 unspecified atom stereocenters. The van der Waals surface area contributed by atoms with Crippen molar-refractivity contribution in [1.82, 2.24) is 5.32 Å². The second kappa shape index (κ2) is 7.89. The number of rotatable bonds is 6. The van der Waals surface area contributed by atoms with Crippen LogP contribution in [0.25, 0.3) is 0 Å². The molecule has 0 amide bonds. The first-order valence-corrected chi connectivity index (χ1v) is 3.92. The fourth-order valence-corrected chi connectivity index (χ4v) is 0.767. The molecule has 4 N–H and O–H groups in total. The molecule has 0 radical (unpaired) electrons. The van der Waals surface area contributed by atoms with Crippen molar-refractivity contribution in [2.24, 2.45) is 10.9 Å². The van der Waals surface area contributed by atoms with Crippen LogP contribution in [0.5, 0.6) is 0 Å². The average molecular weight is 169 g/mol. The molecular weight excluding hydrogens is 154 g/mol. The predicted molar refractivity (Wildman–Crippen MR) is 49.0 cm³/mol. The minimum Gasteiger partial charge on any atom is -0.409 e. The largest absolute Gasteiger partial charge is 0.409 e. The number of terminal acetylenes is 1. The van der Waals surface area contributed by atoms with Crippen molar-refractivity contribution in [3.05, 3.63) is 0 Å². The molecule has 12 heavy (non-hydrogen) atoms. The SMILES string of the molecule is C#CCNCCCCC(N)=NO. The molecule has 0 fully saturated rings. The highest BCUT2D eigenvalue weighted by atomic mass is 16.4. The summed E-state index contributed by atoms with van der Waals surface area (Å²) in [7, 11) is 0. The molecule has 0 bridgehead atoms. The maximum absolute atomic E-state index is 8.20. The Morgan fingerprint density at radius 2 is 2.33 bits per heavy atom. The van der Waals surface area contributed by atoms with E-state index in [4.69, 9.17) is 17.4 Å². The summed E-state index contributed by atoms with van der Waals surface area (Å²) in [5.41, 5.74) is 5.26. The van der Waals surface area contributed by atoms with Crippen LogP contribution in [0.4, 0.5) is 0 Å². The number of nitrogens with two attached hydrogens (primary N) is 1. The van der Waals surface area contributed by atoms with Gasteiger partial charge in [-0.15, -0.1) is 6.42 Å². The standard InChI is InChI=1S/C8H15N3O/c1-2-6-10-7-4-3-5-8(9)11-12/h1,10,12H,3-7H2,(H2,9,11). The lowest BCUT2D eigenvalue weighted by Gasteiger charge is -1.99. The molecule has 0 aromatic carbocycles. The fraction of sp³-hybridized carbons (Fsp3) is 0.625. The van der Waals surface area contributed by atoms with Crippen molar-refractivity contribution in [2.75, 3.05) is 13.1 Å². The van der Waals surface area contributed by atoms with Crippen molar-refractivity contribution in [3.8, 4) is 12.3 Å². The lowest BCUT2D eigenvalue weighted by molar-refractivity contribution is 0.316. The van der Waals surface area contributed by atoms with Gasteiger partial charge in [0.25, 0.3) is 0 Å². The molecule has 0 aromatic heterocycles. The van der Waals surface area contributed by atoms with Gasteiger partial charge in [0.15, 0.2) is 0 Å². The molecule has 68 valence electrons. The Balaban J connectivity index is 3.07. The second-order valence-electron chi connectivity index (χ2n) is 2.43. The summed E-state index contributed by atoms with van der Waals surface area (Å²) in [6.45, 7) is 1.48. The lowest BCUT2D eigenvalue weighted by atomic mass is 10.2. The number of nitrogens with zero attached hydrogens (tertiary/aromatic N) is 1. The number of hydrogen-bond donors (Lipinski definition) is 3. The molecule has 0 aromatic rings. The Morgan fingerprint density at radius 3 is 2.92 bits per heavy atom. The Bertz CT molecular complexity index is 172. The van der Waals surface area contributed by atoms with E-state index in [0.717, 1.165) is 19.4 Å². The minimum atomic E-state index is 0.284. The van der Waals surface area contributed by atoms with E-state index in [2.05, 4.69) is 16.4 Å². The third-order valence-corrected chi connectivity index (χ3v) is 1.39. The van der Waals surface area contributed by atoms with Crippen LogP contribution in [-0.4, -0.2) is 24.1 Å². The van der Waals surface area contributed by atoms with Gasteiger partial charge < -0.3 is 16.3 Å². The van der Waals surface area contributed by atoms with Crippen molar-refractivity contribution >= 4 is 5.84 Å². The summed E-state index contributed by atoms with van der Waals surface area (Å²) in [4.78, 5) is 0. The van der Waals surface area contributed by atoms with Crippen molar-refractivity contribution in [2.45, 2.75) is 19.3 Å². The van der Waals surface area contributed by atoms with Gasteiger partial charge in [0.2, 0.25) is 0 Å². The monoisotopic (exact) mass is 169 g/mol. The third-order valence-electron chi connectivity index (χ3n) is 1.39. The van der Waals surface area contributed by atoms with Crippen LogP contribution in [0.1, 0.15) is 19.3 Å². The highest BCUT2D eigenvalue weighted by Gasteiger charge is 1.92. The van der Waals surface area contributed by atoms with E-state index in [0.29, 0.717) is 13.0 Å². The molecule has 4 heteroatoms. The Labute approximate surface area is 72.8 Å². The van der Waals surface area contributed by atoms with Crippen molar-refractivity contribution < 1.29 is 5.21 Å². The number of amidine groups is 1. The van der Waals surface area contributed by atoms with Gasteiger partial charge in [0.05, 0.1) is 6.54 Å². The van der Waals surface area contributed by atoms with Gasteiger partial charge in [-0.2, -0.15) is 0 Å². The zero-order chi connectivity index (χ0) is 9.23. The quantitative estimate of drug-likeness (QED) is 0.132. The summed E-state index contributed by atoms with van der Waals surface area (Å²) >= 11 is 0. The summed E-state index contributed by atoms with van der Waals surface area (Å²) in [6, 6.07) is 0. The van der Waals surface area contributed by atoms with Crippen LogP contribution in [-0.2, 0) is 0 Å². The Hall–Kier alpha value is -1.21. The summed E-state index contributed by atoms with van der Waals surface area (Å²) < 4.78 is 0. The van der Waals surface area contributed by atoms with E-state index in [1.165, 1.54) is 0 Å². The van der Waals surface area contributed by atoms with E-state index >= 15 is 0 Å². The maximum atomic E-state index is 8.20. The van der Waals surface area contributed by atoms with Gasteiger partial charge in [0.1, 0.15) is 5.84 Å². The topological polar surface area (TPSA) is 70.6 Å². The van der Waals surface area contributed by atoms with E-state index in [1.807, 2.05) is 0 Å². The van der Waals surface area contributed by atoms with Gasteiger partial charge in [-0.3, -0.25) is 0 Å². The summed E-state index contributed by atoms with van der Waals surface area (Å²) in [5.74, 6) is 2.76. The van der Waals surface area contributed by atoms with Crippen LogP contribution in [0, 0.1) is 12.3 Å². The zero-order valence-electron chi connectivity index (χ0n) is 7.08. The van der Waals surface area contributed by atoms with Gasteiger partial charge in [-0.05, 0) is 19.4 Å². The lowest BCUT2D eigenvalue weighted by Crippen LogP contribution is -2.16. The first-order chi connectivity index (χ1) is 5.81. The molecule has 0 aliphatic carbocycles. The first kappa shape index (κ1) is 10.8. The number of nitrogens with one attached hydrogen (secondary N) is 1. The molecule has 0 rings (SSSR count). The fourth-order valence-electron chi connectivity index (χ4n) is 0.767. The van der Waals surface area contributed by atoms with Crippen LogP contribution in [0.2, 0.25) is 0 Å². The molecular formula is C8H15N3O. The molecule has 0 aliphatic heterocycles. The van der Waals surface area contributed by atoms with Crippen molar-refractivity contribution in [3.63, 3.8) is 0 Å². The van der Waals surface area contributed by atoms with Crippen LogP contribution in [0.3, 0.4) is 0 Å². The molecule has 0 aliphatic rings. The van der Waals surface area contributed by atoms with E-state index in [9.17, 15) is 0 Å². The normalized spacial score (nSPS) is 11.1. The smallest absolute Gasteiger partial charge is 0.139 e. The number of oxime groups is 1. The molecule has 0 saturated heterocycles. The zero-order valence-corrected chi connectivity index (χ0v) is 7.08. The first-order valence-electron chi connectivity index (χ1n) is 3.92. The van der Waals surface area contributed by atoms with Gasteiger partial charge in [0, 0.05) is 6.42 Å². The molecule has 0 saturated carbocycles. The van der Waals surface area contributed by atoms with Crippen LogP contribution < -0.4 is 11.1 Å². The predicted octanol–water partition coefficient (Wildman–Crippen LogP) is 0.126. The maximum Gasteiger partial charge on any atom is 0.139 e. The van der Waals surface area contributed by atoms with Gasteiger partial charge >= 0.3 is 0 Å². The summed E-state index contributed by atoms with van der Waals surface area (Å²) in [6.07, 6.45) is 7.56. The minimum absolute atomic E-state index is 0.284. The highest BCUT2D eigenvalue weighted by molar-refractivity contribution is 5.79. The van der Waals surface area contributed by atoms with Gasteiger partial charge in [-0.1, -0.05) is 11.1 Å². The van der Waals surface area contributed by atoms with Crippen LogP contribution in [0.15, 0.2) is 5.16 Å². The molecule has 0 spiro atoms. The average Bonchev–Trinajstić information content (AvgIpc) is 2.10. The van der Waals surface area contributed by atoms with E-state index in [1.54, 1.807) is 0 Å². The third kappa shape index (κ3) is 6.90. The molecule has 0 atom stereocenters. The summed E-state index contributed by atoms with van der Waals surface area (Å²) in [5, 5.41) is 14.1. The van der Waals surface area contributed by atoms with Gasteiger partial charge in [-0.25, -0.2) is 0 Å². The highest BCUT2D eigenvalue weighted by Crippen LogP contribution is 1.92.